The number of amides is 1. The SMILES string of the molecule is C[C@@H](C(=O)Nc1ccc(F)cc1)N1CCN(CCOc2ccccc2)CC1. The monoisotopic (exact) mass is 371 g/mol. The summed E-state index contributed by atoms with van der Waals surface area (Å²) in [6.07, 6.45) is 0. The van der Waals surface area contributed by atoms with Gasteiger partial charge in [0.05, 0.1) is 6.04 Å². The Labute approximate surface area is 159 Å². The third kappa shape index (κ3) is 5.77. The first-order chi connectivity index (χ1) is 13.1. The number of nitrogens with zero attached hydrogens (tertiary/aromatic N) is 2. The molecular weight excluding hydrogens is 345 g/mol. The minimum absolute atomic E-state index is 0.0672. The van der Waals surface area contributed by atoms with Gasteiger partial charge in [-0.3, -0.25) is 14.6 Å². The topological polar surface area (TPSA) is 44.8 Å². The van der Waals surface area contributed by atoms with Crippen molar-refractivity contribution in [2.75, 3.05) is 44.6 Å². The van der Waals surface area contributed by atoms with E-state index < -0.39 is 0 Å². The molecule has 1 aliphatic rings. The molecule has 3 rings (SSSR count). The second-order valence-corrected chi connectivity index (χ2v) is 6.71. The van der Waals surface area contributed by atoms with Crippen LogP contribution < -0.4 is 10.1 Å². The van der Waals surface area contributed by atoms with Crippen molar-refractivity contribution in [1.82, 2.24) is 9.80 Å². The van der Waals surface area contributed by atoms with E-state index in [1.165, 1.54) is 12.1 Å². The van der Waals surface area contributed by atoms with Gasteiger partial charge in [-0.25, -0.2) is 4.39 Å². The fraction of sp³-hybridized carbons (Fsp3) is 0.381. The molecule has 5 nitrogen and oxygen atoms in total. The van der Waals surface area contributed by atoms with Crippen LogP contribution in [0.2, 0.25) is 0 Å². The van der Waals surface area contributed by atoms with Crippen molar-refractivity contribution in [3.8, 4) is 5.75 Å². The Morgan fingerprint density at radius 2 is 1.74 bits per heavy atom. The lowest BCUT2D eigenvalue weighted by molar-refractivity contribution is -0.121. The summed E-state index contributed by atoms with van der Waals surface area (Å²) in [6, 6.07) is 15.4. The van der Waals surface area contributed by atoms with Crippen LogP contribution in [0.5, 0.6) is 5.75 Å². The molecule has 6 heteroatoms. The van der Waals surface area contributed by atoms with Crippen LogP contribution in [0.25, 0.3) is 0 Å². The molecule has 144 valence electrons. The molecule has 0 bridgehead atoms. The van der Waals surface area contributed by atoms with Crippen molar-refractivity contribution in [3.05, 3.63) is 60.4 Å². The normalized spacial score (nSPS) is 16.7. The molecular formula is C21H26FN3O2. The summed E-state index contributed by atoms with van der Waals surface area (Å²) in [7, 11) is 0. The molecule has 0 saturated carbocycles. The Balaban J connectivity index is 1.38. The average Bonchev–Trinajstić information content (AvgIpc) is 2.70. The third-order valence-corrected chi connectivity index (χ3v) is 4.87. The highest BCUT2D eigenvalue weighted by Crippen LogP contribution is 2.12. The van der Waals surface area contributed by atoms with Gasteiger partial charge in [0, 0.05) is 38.4 Å². The summed E-state index contributed by atoms with van der Waals surface area (Å²) in [6.45, 7) is 6.93. The summed E-state index contributed by atoms with van der Waals surface area (Å²) in [5, 5.41) is 2.85. The number of carbonyl (C=O) groups is 1. The first-order valence-electron chi connectivity index (χ1n) is 9.32. The predicted molar refractivity (Wildman–Crippen MR) is 104 cm³/mol. The largest absolute Gasteiger partial charge is 0.492 e. The zero-order chi connectivity index (χ0) is 19.1. The Kier molecular flexibility index (Phi) is 6.79. The Morgan fingerprint density at radius 3 is 2.41 bits per heavy atom. The van der Waals surface area contributed by atoms with E-state index in [1.807, 2.05) is 37.3 Å². The van der Waals surface area contributed by atoms with Crippen LogP contribution in [0.15, 0.2) is 54.6 Å². The maximum atomic E-state index is 13.0. The van der Waals surface area contributed by atoms with E-state index in [4.69, 9.17) is 4.74 Å². The zero-order valence-electron chi connectivity index (χ0n) is 15.6. The second kappa shape index (κ2) is 9.48. The molecule has 0 radical (unpaired) electrons. The van der Waals surface area contributed by atoms with Crippen molar-refractivity contribution in [2.45, 2.75) is 13.0 Å². The van der Waals surface area contributed by atoms with Crippen molar-refractivity contribution in [3.63, 3.8) is 0 Å². The van der Waals surface area contributed by atoms with Crippen LogP contribution >= 0.6 is 0 Å². The van der Waals surface area contributed by atoms with Crippen LogP contribution in [0, 0.1) is 5.82 Å². The molecule has 27 heavy (non-hydrogen) atoms. The number of benzene rings is 2. The Hall–Kier alpha value is -2.44. The van der Waals surface area contributed by atoms with E-state index in [2.05, 4.69) is 15.1 Å². The highest BCUT2D eigenvalue weighted by molar-refractivity contribution is 5.94. The van der Waals surface area contributed by atoms with Gasteiger partial charge >= 0.3 is 0 Å². The van der Waals surface area contributed by atoms with Crippen LogP contribution in [0.4, 0.5) is 10.1 Å². The standard InChI is InChI=1S/C21H26FN3O2/c1-17(21(26)23-19-9-7-18(22)8-10-19)25-13-11-24(12-14-25)15-16-27-20-5-3-2-4-6-20/h2-10,17H,11-16H2,1H3,(H,23,26)/t17-/m0/s1. The molecule has 0 aliphatic carbocycles. The third-order valence-electron chi connectivity index (χ3n) is 4.87. The quantitative estimate of drug-likeness (QED) is 0.813. The average molecular weight is 371 g/mol. The fourth-order valence-corrected chi connectivity index (χ4v) is 3.13. The molecule has 1 N–H and O–H groups in total. The first-order valence-corrected chi connectivity index (χ1v) is 9.32. The van der Waals surface area contributed by atoms with E-state index in [0.29, 0.717) is 12.3 Å². The van der Waals surface area contributed by atoms with E-state index in [-0.39, 0.29) is 17.8 Å². The molecule has 2 aromatic carbocycles. The summed E-state index contributed by atoms with van der Waals surface area (Å²) in [5.41, 5.74) is 0.616. The highest BCUT2D eigenvalue weighted by atomic mass is 19.1. The molecule has 1 atom stereocenters. The minimum atomic E-state index is -0.312. The van der Waals surface area contributed by atoms with Gasteiger partial charge in [-0.15, -0.1) is 0 Å². The number of hydrogen-bond acceptors (Lipinski definition) is 4. The lowest BCUT2D eigenvalue weighted by Crippen LogP contribution is -2.53. The van der Waals surface area contributed by atoms with Crippen molar-refractivity contribution < 1.29 is 13.9 Å². The van der Waals surface area contributed by atoms with Gasteiger partial charge in [-0.05, 0) is 43.3 Å². The first kappa shape index (κ1) is 19.3. The van der Waals surface area contributed by atoms with Crippen molar-refractivity contribution in [1.29, 1.82) is 0 Å². The number of piperazine rings is 1. The molecule has 1 heterocycles. The Bertz CT molecular complexity index is 716. The maximum Gasteiger partial charge on any atom is 0.241 e. The van der Waals surface area contributed by atoms with E-state index in [0.717, 1.165) is 38.5 Å². The number of hydrogen-bond donors (Lipinski definition) is 1. The molecule has 1 aliphatic heterocycles. The lowest BCUT2D eigenvalue weighted by atomic mass is 10.2. The van der Waals surface area contributed by atoms with E-state index in [1.54, 1.807) is 12.1 Å². The van der Waals surface area contributed by atoms with Crippen LogP contribution in [-0.2, 0) is 4.79 Å². The van der Waals surface area contributed by atoms with Gasteiger partial charge in [0.1, 0.15) is 18.2 Å². The number of ether oxygens (including phenoxy) is 1. The Morgan fingerprint density at radius 1 is 1.07 bits per heavy atom. The molecule has 1 amide bonds. The summed E-state index contributed by atoms with van der Waals surface area (Å²) < 4.78 is 18.7. The van der Waals surface area contributed by atoms with Gasteiger partial charge in [0.2, 0.25) is 5.91 Å². The van der Waals surface area contributed by atoms with Gasteiger partial charge in [0.25, 0.3) is 0 Å². The zero-order valence-corrected chi connectivity index (χ0v) is 15.6. The molecule has 1 fully saturated rings. The minimum Gasteiger partial charge on any atom is -0.492 e. The van der Waals surface area contributed by atoms with E-state index >= 15 is 0 Å². The highest BCUT2D eigenvalue weighted by Gasteiger charge is 2.25. The van der Waals surface area contributed by atoms with E-state index in [9.17, 15) is 9.18 Å². The van der Waals surface area contributed by atoms with Crippen molar-refractivity contribution >= 4 is 11.6 Å². The number of anilines is 1. The van der Waals surface area contributed by atoms with Gasteiger partial charge in [-0.1, -0.05) is 18.2 Å². The van der Waals surface area contributed by atoms with Gasteiger partial charge in [-0.2, -0.15) is 0 Å². The summed E-state index contributed by atoms with van der Waals surface area (Å²) in [4.78, 5) is 17.0. The second-order valence-electron chi connectivity index (χ2n) is 6.71. The number of rotatable bonds is 7. The lowest BCUT2D eigenvalue weighted by Gasteiger charge is -2.37. The smallest absolute Gasteiger partial charge is 0.241 e. The van der Waals surface area contributed by atoms with Gasteiger partial charge in [0.15, 0.2) is 0 Å². The number of para-hydroxylation sites is 1. The number of halogens is 1. The number of nitrogens with one attached hydrogen (secondary N) is 1. The van der Waals surface area contributed by atoms with Gasteiger partial charge < -0.3 is 10.1 Å². The molecule has 0 aromatic heterocycles. The summed E-state index contributed by atoms with van der Waals surface area (Å²) >= 11 is 0. The molecule has 0 unspecified atom stereocenters. The molecule has 1 saturated heterocycles. The van der Waals surface area contributed by atoms with Crippen LogP contribution in [0.3, 0.4) is 0 Å². The fourth-order valence-electron chi connectivity index (χ4n) is 3.13. The van der Waals surface area contributed by atoms with Crippen LogP contribution in [-0.4, -0.2) is 61.1 Å². The van der Waals surface area contributed by atoms with Crippen molar-refractivity contribution in [2.24, 2.45) is 0 Å². The maximum absolute atomic E-state index is 13.0. The molecule has 2 aromatic rings. The predicted octanol–water partition coefficient (Wildman–Crippen LogP) is 2.85. The number of carbonyl (C=O) groups excluding carboxylic acids is 1. The summed E-state index contributed by atoms with van der Waals surface area (Å²) in [5.74, 6) is 0.512. The molecule has 0 spiro atoms. The van der Waals surface area contributed by atoms with Crippen LogP contribution in [0.1, 0.15) is 6.92 Å².